The van der Waals surface area contributed by atoms with Crippen LogP contribution in [-0.2, 0) is 0 Å². The van der Waals surface area contributed by atoms with Crippen molar-refractivity contribution >= 4 is 0 Å². The van der Waals surface area contributed by atoms with Gasteiger partial charge in [0.25, 0.3) is 0 Å². The van der Waals surface area contributed by atoms with E-state index in [4.69, 9.17) is 5.26 Å². The lowest BCUT2D eigenvalue weighted by atomic mass is 9.77. The molecule has 0 unspecified atom stereocenters. The first-order valence-electron chi connectivity index (χ1n) is 4.63. The number of nitriles is 1. The van der Waals surface area contributed by atoms with Gasteiger partial charge >= 0.3 is 0 Å². The molecule has 0 aromatic carbocycles. The largest absolute Gasteiger partial charge is 0.198 e. The number of hydrogen-bond donors (Lipinski definition) is 0. The first-order chi connectivity index (χ1) is 5.24. The van der Waals surface area contributed by atoms with Crippen molar-refractivity contribution in [1.82, 2.24) is 0 Å². The molecule has 62 valence electrons. The summed E-state index contributed by atoms with van der Waals surface area (Å²) in [6.45, 7) is 4.58. The maximum atomic E-state index is 8.67. The van der Waals surface area contributed by atoms with Crippen molar-refractivity contribution in [3.63, 3.8) is 0 Å². The van der Waals surface area contributed by atoms with Crippen LogP contribution in [0.4, 0.5) is 0 Å². The third kappa shape index (κ3) is 2.22. The monoisotopic (exact) mass is 151 g/mol. The summed E-state index contributed by atoms with van der Waals surface area (Å²) in [6.07, 6.45) is 4.82. The van der Waals surface area contributed by atoms with Crippen molar-refractivity contribution in [2.24, 2.45) is 17.8 Å². The van der Waals surface area contributed by atoms with Crippen molar-refractivity contribution < 1.29 is 0 Å². The van der Waals surface area contributed by atoms with Crippen molar-refractivity contribution in [1.29, 1.82) is 5.26 Å². The second kappa shape index (κ2) is 3.76. The van der Waals surface area contributed by atoms with E-state index in [0.29, 0.717) is 5.92 Å². The summed E-state index contributed by atoms with van der Waals surface area (Å²) in [6, 6.07) is 2.36. The van der Waals surface area contributed by atoms with Gasteiger partial charge in [-0.15, -0.1) is 0 Å². The lowest BCUT2D eigenvalue weighted by Gasteiger charge is -2.27. The quantitative estimate of drug-likeness (QED) is 0.565. The van der Waals surface area contributed by atoms with Crippen LogP contribution in [0.15, 0.2) is 0 Å². The van der Waals surface area contributed by atoms with Crippen LogP contribution >= 0.6 is 0 Å². The highest BCUT2D eigenvalue weighted by atomic mass is 14.3. The van der Waals surface area contributed by atoms with E-state index < -0.39 is 0 Å². The molecule has 1 heteroatoms. The molecule has 0 saturated heterocycles. The molecule has 0 spiro atoms. The molecule has 0 heterocycles. The predicted octanol–water partition coefficient (Wildman–Crippen LogP) is 2.97. The Labute approximate surface area is 69.4 Å². The molecule has 0 aromatic heterocycles. The van der Waals surface area contributed by atoms with Crippen LogP contribution in [0.25, 0.3) is 0 Å². The van der Waals surface area contributed by atoms with Gasteiger partial charge in [-0.25, -0.2) is 0 Å². The van der Waals surface area contributed by atoms with Crippen molar-refractivity contribution in [3.05, 3.63) is 0 Å². The van der Waals surface area contributed by atoms with E-state index in [1.807, 2.05) is 0 Å². The van der Waals surface area contributed by atoms with E-state index in [-0.39, 0.29) is 0 Å². The summed E-state index contributed by atoms with van der Waals surface area (Å²) >= 11 is 0. The first kappa shape index (κ1) is 8.59. The molecular formula is C10H17N. The molecule has 1 aliphatic rings. The van der Waals surface area contributed by atoms with E-state index in [1.165, 1.54) is 12.8 Å². The maximum Gasteiger partial charge on any atom is 0.0655 e. The second-order valence-corrected chi connectivity index (χ2v) is 3.98. The van der Waals surface area contributed by atoms with E-state index in [2.05, 4.69) is 19.9 Å². The van der Waals surface area contributed by atoms with Gasteiger partial charge in [0.05, 0.1) is 6.07 Å². The van der Waals surface area contributed by atoms with Gasteiger partial charge in [-0.2, -0.15) is 5.26 Å². The Hall–Kier alpha value is -0.510. The van der Waals surface area contributed by atoms with Gasteiger partial charge in [0, 0.05) is 5.92 Å². The zero-order chi connectivity index (χ0) is 8.27. The topological polar surface area (TPSA) is 23.8 Å². The molecule has 11 heavy (non-hydrogen) atoms. The van der Waals surface area contributed by atoms with Crippen LogP contribution in [-0.4, -0.2) is 0 Å². The fourth-order valence-electron chi connectivity index (χ4n) is 1.91. The fraction of sp³-hybridized carbons (Fsp3) is 0.900. The van der Waals surface area contributed by atoms with E-state index in [1.54, 1.807) is 0 Å². The van der Waals surface area contributed by atoms with Crippen LogP contribution in [0.5, 0.6) is 0 Å². The van der Waals surface area contributed by atoms with E-state index in [0.717, 1.165) is 24.7 Å². The van der Waals surface area contributed by atoms with Crippen molar-refractivity contribution in [3.8, 4) is 6.07 Å². The fourth-order valence-corrected chi connectivity index (χ4v) is 1.91. The smallest absolute Gasteiger partial charge is 0.0655 e. The molecule has 0 amide bonds. The highest BCUT2D eigenvalue weighted by Gasteiger charge is 2.22. The van der Waals surface area contributed by atoms with Crippen molar-refractivity contribution in [2.45, 2.75) is 39.5 Å². The Balaban J connectivity index is 2.31. The van der Waals surface area contributed by atoms with Crippen LogP contribution in [0.3, 0.4) is 0 Å². The minimum absolute atomic E-state index is 0.366. The lowest BCUT2D eigenvalue weighted by molar-refractivity contribution is 0.251. The SMILES string of the molecule is CC(C)[C@H]1CC[C@H](C#N)CC1. The van der Waals surface area contributed by atoms with Gasteiger partial charge in [0.2, 0.25) is 0 Å². The summed E-state index contributed by atoms with van der Waals surface area (Å²) in [5, 5.41) is 8.67. The molecule has 1 fully saturated rings. The molecule has 1 nitrogen and oxygen atoms in total. The summed E-state index contributed by atoms with van der Waals surface area (Å²) in [5.41, 5.74) is 0. The molecule has 1 rings (SSSR count). The molecule has 1 aliphatic carbocycles. The highest BCUT2D eigenvalue weighted by molar-refractivity contribution is 4.87. The molecule has 0 radical (unpaired) electrons. The van der Waals surface area contributed by atoms with Crippen LogP contribution in [0, 0.1) is 29.1 Å². The third-order valence-corrected chi connectivity index (χ3v) is 2.90. The number of rotatable bonds is 1. The molecule has 0 aromatic rings. The normalized spacial score (nSPS) is 31.8. The van der Waals surface area contributed by atoms with Gasteiger partial charge in [0.15, 0.2) is 0 Å². The second-order valence-electron chi connectivity index (χ2n) is 3.98. The van der Waals surface area contributed by atoms with Crippen molar-refractivity contribution in [2.75, 3.05) is 0 Å². The van der Waals surface area contributed by atoms with E-state index >= 15 is 0 Å². The van der Waals surface area contributed by atoms with Gasteiger partial charge in [-0.05, 0) is 37.5 Å². The average molecular weight is 151 g/mol. The number of nitrogens with zero attached hydrogens (tertiary/aromatic N) is 1. The zero-order valence-electron chi connectivity index (χ0n) is 7.51. The maximum absolute atomic E-state index is 8.67. The lowest BCUT2D eigenvalue weighted by Crippen LogP contribution is -2.17. The highest BCUT2D eigenvalue weighted by Crippen LogP contribution is 2.32. The average Bonchev–Trinajstić information content (AvgIpc) is 2.05. The molecular weight excluding hydrogens is 134 g/mol. The Morgan fingerprint density at radius 3 is 2.09 bits per heavy atom. The first-order valence-corrected chi connectivity index (χ1v) is 4.63. The molecule has 0 N–H and O–H groups in total. The van der Waals surface area contributed by atoms with Crippen LogP contribution < -0.4 is 0 Å². The Kier molecular flexibility index (Phi) is 2.93. The van der Waals surface area contributed by atoms with Crippen LogP contribution in [0.1, 0.15) is 39.5 Å². The Morgan fingerprint density at radius 1 is 1.18 bits per heavy atom. The Morgan fingerprint density at radius 2 is 1.73 bits per heavy atom. The molecule has 0 bridgehead atoms. The summed E-state index contributed by atoms with van der Waals surface area (Å²) in [5.74, 6) is 2.07. The third-order valence-electron chi connectivity index (χ3n) is 2.90. The van der Waals surface area contributed by atoms with Gasteiger partial charge in [-0.1, -0.05) is 13.8 Å². The molecule has 0 atom stereocenters. The minimum atomic E-state index is 0.366. The standard InChI is InChI=1S/C10H17N/c1-8(2)10-5-3-9(7-11)4-6-10/h8-10H,3-6H2,1-2H3/t9-,10-. The summed E-state index contributed by atoms with van der Waals surface area (Å²) in [4.78, 5) is 0. The van der Waals surface area contributed by atoms with Gasteiger partial charge < -0.3 is 0 Å². The van der Waals surface area contributed by atoms with Crippen LogP contribution in [0.2, 0.25) is 0 Å². The zero-order valence-corrected chi connectivity index (χ0v) is 7.51. The summed E-state index contributed by atoms with van der Waals surface area (Å²) < 4.78 is 0. The molecule has 0 aliphatic heterocycles. The summed E-state index contributed by atoms with van der Waals surface area (Å²) in [7, 11) is 0. The number of hydrogen-bond acceptors (Lipinski definition) is 1. The van der Waals surface area contributed by atoms with E-state index in [9.17, 15) is 0 Å². The molecule has 1 saturated carbocycles. The predicted molar refractivity (Wildman–Crippen MR) is 45.9 cm³/mol. The van der Waals surface area contributed by atoms with Gasteiger partial charge in [0.1, 0.15) is 0 Å². The minimum Gasteiger partial charge on any atom is -0.198 e. The van der Waals surface area contributed by atoms with Gasteiger partial charge in [-0.3, -0.25) is 0 Å². The Bertz CT molecular complexity index is 147.